The lowest BCUT2D eigenvalue weighted by Gasteiger charge is -2.13. The van der Waals surface area contributed by atoms with Gasteiger partial charge in [-0.15, -0.1) is 0 Å². The molecule has 0 heterocycles. The van der Waals surface area contributed by atoms with E-state index in [1.54, 1.807) is 0 Å². The van der Waals surface area contributed by atoms with Crippen molar-refractivity contribution in [3.63, 3.8) is 0 Å². The zero-order valence-corrected chi connectivity index (χ0v) is 11.1. The first-order valence-corrected chi connectivity index (χ1v) is 6.57. The summed E-state index contributed by atoms with van der Waals surface area (Å²) in [5.41, 5.74) is 0.105. The molecule has 0 aromatic heterocycles. The van der Waals surface area contributed by atoms with Crippen molar-refractivity contribution < 1.29 is 22.7 Å². The number of aliphatic carboxylic acids is 1. The third-order valence-corrected chi connectivity index (χ3v) is 3.59. The summed E-state index contributed by atoms with van der Waals surface area (Å²) in [6, 6.07) is 3.59. The number of nitrogens with zero attached hydrogens (tertiary/aromatic N) is 1. The van der Waals surface area contributed by atoms with Crippen LogP contribution in [0.15, 0.2) is 24.3 Å². The van der Waals surface area contributed by atoms with E-state index in [9.17, 15) is 17.6 Å². The summed E-state index contributed by atoms with van der Waals surface area (Å²) < 4.78 is 39.7. The van der Waals surface area contributed by atoms with Crippen LogP contribution in [0.25, 0.3) is 6.08 Å². The van der Waals surface area contributed by atoms with Gasteiger partial charge in [0.05, 0.1) is 5.69 Å². The number of nitrogens with one attached hydrogen (secondary N) is 1. The van der Waals surface area contributed by atoms with Crippen LogP contribution in [0.1, 0.15) is 5.56 Å². The van der Waals surface area contributed by atoms with Gasteiger partial charge in [0.1, 0.15) is 5.82 Å². The van der Waals surface area contributed by atoms with Gasteiger partial charge in [0, 0.05) is 25.7 Å². The Bertz CT molecular complexity index is 611. The highest BCUT2D eigenvalue weighted by molar-refractivity contribution is 7.90. The van der Waals surface area contributed by atoms with Crippen molar-refractivity contribution in [1.29, 1.82) is 0 Å². The summed E-state index contributed by atoms with van der Waals surface area (Å²) in [7, 11) is -1.03. The highest BCUT2D eigenvalue weighted by Crippen LogP contribution is 2.17. The van der Waals surface area contributed by atoms with Gasteiger partial charge in [-0.1, -0.05) is 0 Å². The minimum atomic E-state index is -3.70. The van der Waals surface area contributed by atoms with Crippen molar-refractivity contribution in [2.75, 3.05) is 18.8 Å². The van der Waals surface area contributed by atoms with E-state index in [0.717, 1.165) is 22.5 Å². The van der Waals surface area contributed by atoms with Crippen molar-refractivity contribution in [1.82, 2.24) is 4.31 Å². The third kappa shape index (κ3) is 4.34. The van der Waals surface area contributed by atoms with Crippen LogP contribution in [0.4, 0.5) is 10.1 Å². The maximum absolute atomic E-state index is 13.6. The first-order chi connectivity index (χ1) is 8.72. The molecule has 0 aliphatic heterocycles. The number of halogens is 1. The van der Waals surface area contributed by atoms with Crippen LogP contribution >= 0.6 is 0 Å². The minimum Gasteiger partial charge on any atom is -0.478 e. The molecule has 1 rings (SSSR count). The lowest BCUT2D eigenvalue weighted by molar-refractivity contribution is -0.131. The van der Waals surface area contributed by atoms with Crippen molar-refractivity contribution in [3.8, 4) is 0 Å². The number of rotatable bonds is 5. The van der Waals surface area contributed by atoms with Crippen LogP contribution in [0.2, 0.25) is 0 Å². The monoisotopic (exact) mass is 288 g/mol. The molecule has 104 valence electrons. The quantitative estimate of drug-likeness (QED) is 0.795. The zero-order chi connectivity index (χ0) is 14.6. The Labute approximate surface area is 110 Å². The molecule has 19 heavy (non-hydrogen) atoms. The Morgan fingerprint density at radius 1 is 1.42 bits per heavy atom. The number of hydrogen-bond acceptors (Lipinski definition) is 3. The molecule has 0 saturated heterocycles. The molecule has 6 nitrogen and oxygen atoms in total. The zero-order valence-electron chi connectivity index (χ0n) is 10.3. The van der Waals surface area contributed by atoms with Gasteiger partial charge < -0.3 is 5.11 Å². The van der Waals surface area contributed by atoms with Gasteiger partial charge in [0.2, 0.25) is 0 Å². The van der Waals surface area contributed by atoms with Crippen molar-refractivity contribution in [3.05, 3.63) is 35.7 Å². The van der Waals surface area contributed by atoms with Crippen LogP contribution in [0, 0.1) is 5.82 Å². The molecule has 0 fully saturated rings. The van der Waals surface area contributed by atoms with E-state index < -0.39 is 22.0 Å². The topological polar surface area (TPSA) is 86.7 Å². The normalized spacial score (nSPS) is 12.0. The maximum atomic E-state index is 13.6. The Morgan fingerprint density at radius 3 is 2.53 bits per heavy atom. The van der Waals surface area contributed by atoms with Gasteiger partial charge in [-0.2, -0.15) is 12.7 Å². The average molecular weight is 288 g/mol. The smallest absolute Gasteiger partial charge is 0.328 e. The fourth-order valence-corrected chi connectivity index (χ4v) is 1.73. The number of hydrogen-bond donors (Lipinski definition) is 2. The molecular formula is C11H13FN2O4S. The average Bonchev–Trinajstić information content (AvgIpc) is 2.26. The van der Waals surface area contributed by atoms with E-state index in [1.165, 1.54) is 26.2 Å². The highest BCUT2D eigenvalue weighted by atomic mass is 32.2. The van der Waals surface area contributed by atoms with E-state index in [4.69, 9.17) is 5.11 Å². The predicted octanol–water partition coefficient (Wildman–Crippen LogP) is 1.14. The number of carbonyl (C=O) groups is 1. The number of benzene rings is 1. The van der Waals surface area contributed by atoms with Gasteiger partial charge in [-0.3, -0.25) is 4.72 Å². The molecule has 0 amide bonds. The van der Waals surface area contributed by atoms with Crippen molar-refractivity contribution >= 4 is 27.9 Å². The van der Waals surface area contributed by atoms with Gasteiger partial charge in [0.15, 0.2) is 0 Å². The molecule has 0 radical (unpaired) electrons. The summed E-state index contributed by atoms with van der Waals surface area (Å²) in [5, 5.41) is 8.43. The first-order valence-electron chi connectivity index (χ1n) is 5.13. The molecule has 0 aliphatic carbocycles. The first kappa shape index (κ1) is 15.1. The second-order valence-corrected chi connectivity index (χ2v) is 5.68. The largest absolute Gasteiger partial charge is 0.478 e. The van der Waals surface area contributed by atoms with Crippen molar-refractivity contribution in [2.45, 2.75) is 0 Å². The van der Waals surface area contributed by atoms with Gasteiger partial charge >= 0.3 is 16.2 Å². The number of anilines is 1. The second-order valence-electron chi connectivity index (χ2n) is 3.80. The van der Waals surface area contributed by atoms with Gasteiger partial charge in [-0.05, 0) is 24.3 Å². The standard InChI is InChI=1S/C11H13FN2O4S/c1-14(2)19(17,18)13-9-5-3-8(10(12)7-9)4-6-11(15)16/h3-7,13H,1-2H3,(H,15,16). The van der Waals surface area contributed by atoms with Crippen molar-refractivity contribution in [2.24, 2.45) is 0 Å². The molecule has 0 atom stereocenters. The second kappa shape index (κ2) is 5.81. The lowest BCUT2D eigenvalue weighted by Crippen LogP contribution is -2.28. The molecular weight excluding hydrogens is 275 g/mol. The molecule has 0 unspecified atom stereocenters. The minimum absolute atomic E-state index is 0.0511. The lowest BCUT2D eigenvalue weighted by atomic mass is 10.2. The Morgan fingerprint density at radius 2 is 2.05 bits per heavy atom. The Hall–Kier alpha value is -1.93. The predicted molar refractivity (Wildman–Crippen MR) is 69.3 cm³/mol. The summed E-state index contributed by atoms with van der Waals surface area (Å²) in [6.07, 6.45) is 1.88. The molecule has 0 aliphatic rings. The Kier molecular flexibility index (Phi) is 4.62. The summed E-state index contributed by atoms with van der Waals surface area (Å²) in [5.74, 6) is -1.92. The van der Waals surface area contributed by atoms with Crippen LogP contribution in [-0.4, -0.2) is 37.9 Å². The van der Waals surface area contributed by atoms with Crippen LogP contribution in [-0.2, 0) is 15.0 Å². The summed E-state index contributed by atoms with van der Waals surface area (Å²) >= 11 is 0. The molecule has 8 heteroatoms. The molecule has 2 N–H and O–H groups in total. The molecule has 0 bridgehead atoms. The summed E-state index contributed by atoms with van der Waals surface area (Å²) in [6.45, 7) is 0. The van der Waals surface area contributed by atoms with Crippen LogP contribution in [0.5, 0.6) is 0 Å². The summed E-state index contributed by atoms with van der Waals surface area (Å²) in [4.78, 5) is 10.3. The molecule has 0 saturated carbocycles. The van der Waals surface area contributed by atoms with E-state index in [-0.39, 0.29) is 11.3 Å². The number of carboxylic acid groups (broad SMARTS) is 1. The SMILES string of the molecule is CN(C)S(=O)(=O)Nc1ccc(C=CC(=O)O)c(F)c1. The highest BCUT2D eigenvalue weighted by Gasteiger charge is 2.13. The number of carboxylic acids is 1. The third-order valence-electron chi connectivity index (χ3n) is 2.13. The Balaban J connectivity index is 2.98. The van der Waals surface area contributed by atoms with Gasteiger partial charge in [-0.25, -0.2) is 9.18 Å². The molecule has 1 aromatic rings. The fraction of sp³-hybridized carbons (Fsp3) is 0.182. The van der Waals surface area contributed by atoms with Crippen LogP contribution < -0.4 is 4.72 Å². The van der Waals surface area contributed by atoms with Gasteiger partial charge in [0.25, 0.3) is 0 Å². The maximum Gasteiger partial charge on any atom is 0.328 e. The van der Waals surface area contributed by atoms with Crippen LogP contribution in [0.3, 0.4) is 0 Å². The molecule has 0 spiro atoms. The van der Waals surface area contributed by atoms with E-state index in [1.807, 2.05) is 0 Å². The van der Waals surface area contributed by atoms with E-state index in [2.05, 4.69) is 4.72 Å². The van der Waals surface area contributed by atoms with E-state index >= 15 is 0 Å². The van der Waals surface area contributed by atoms with E-state index in [0.29, 0.717) is 0 Å². The molecule has 1 aromatic carbocycles. The fourth-order valence-electron chi connectivity index (χ4n) is 1.13.